The Morgan fingerprint density at radius 3 is 2.67 bits per heavy atom. The number of H-pyrrole nitrogens is 1. The van der Waals surface area contributed by atoms with Gasteiger partial charge in [-0.3, -0.25) is 4.79 Å². The van der Waals surface area contributed by atoms with Crippen LogP contribution in [0.25, 0.3) is 0 Å². The molecule has 2 aromatic rings. The summed E-state index contributed by atoms with van der Waals surface area (Å²) in [6, 6.07) is 7.72. The summed E-state index contributed by atoms with van der Waals surface area (Å²) in [7, 11) is 0. The van der Waals surface area contributed by atoms with Crippen LogP contribution < -0.4 is 5.56 Å². The fraction of sp³-hybridized carbons (Fsp3) is 0.312. The third-order valence-corrected chi connectivity index (χ3v) is 3.47. The number of aryl methyl sites for hydroxylation is 2. The second kappa shape index (κ2) is 5.91. The molecule has 0 radical (unpaired) electrons. The maximum atomic E-state index is 12.2. The lowest BCUT2D eigenvalue weighted by Crippen LogP contribution is -2.24. The fourth-order valence-electron chi connectivity index (χ4n) is 2.08. The van der Waals surface area contributed by atoms with Crippen molar-refractivity contribution < 1.29 is 9.53 Å². The molecule has 5 heteroatoms. The topological polar surface area (TPSA) is 72.0 Å². The maximum Gasteiger partial charge on any atom is 0.344 e. The molecule has 0 amide bonds. The predicted molar refractivity (Wildman–Crippen MR) is 79.3 cm³/mol. The van der Waals surface area contributed by atoms with Crippen LogP contribution in [0.3, 0.4) is 0 Å². The van der Waals surface area contributed by atoms with Gasteiger partial charge < -0.3 is 4.74 Å². The average Bonchev–Trinajstić information content (AvgIpc) is 2.43. The summed E-state index contributed by atoms with van der Waals surface area (Å²) >= 11 is 0. The van der Waals surface area contributed by atoms with E-state index in [1.54, 1.807) is 20.8 Å². The van der Waals surface area contributed by atoms with Gasteiger partial charge in [-0.15, -0.1) is 0 Å². The average molecular weight is 286 g/mol. The molecule has 1 aromatic carbocycles. The Hall–Kier alpha value is -2.43. The van der Waals surface area contributed by atoms with Crippen molar-refractivity contribution in [1.29, 1.82) is 0 Å². The number of carbonyl (C=O) groups excluding carboxylic acids is 1. The third-order valence-electron chi connectivity index (χ3n) is 3.47. The van der Waals surface area contributed by atoms with Crippen molar-refractivity contribution in [2.24, 2.45) is 0 Å². The van der Waals surface area contributed by atoms with Gasteiger partial charge in [-0.25, -0.2) is 9.89 Å². The Balaban J connectivity index is 2.27. The number of hydrogen-bond donors (Lipinski definition) is 1. The van der Waals surface area contributed by atoms with E-state index in [1.807, 2.05) is 31.2 Å². The highest BCUT2D eigenvalue weighted by Crippen LogP contribution is 2.19. The van der Waals surface area contributed by atoms with Crippen LogP contribution in [0.15, 0.2) is 29.1 Å². The molecule has 0 bridgehead atoms. The highest BCUT2D eigenvalue weighted by molar-refractivity contribution is 5.90. The van der Waals surface area contributed by atoms with Crippen LogP contribution in [0.5, 0.6) is 0 Å². The molecule has 1 N–H and O–H groups in total. The minimum atomic E-state index is -0.631. The van der Waals surface area contributed by atoms with E-state index in [0.29, 0.717) is 11.3 Å². The molecule has 0 fully saturated rings. The number of esters is 1. The van der Waals surface area contributed by atoms with Crippen LogP contribution >= 0.6 is 0 Å². The molecule has 0 saturated heterocycles. The Labute approximate surface area is 123 Å². The predicted octanol–water partition coefficient (Wildman–Crippen LogP) is 2.61. The zero-order valence-corrected chi connectivity index (χ0v) is 12.6. The van der Waals surface area contributed by atoms with E-state index >= 15 is 0 Å². The van der Waals surface area contributed by atoms with Gasteiger partial charge in [0.05, 0.1) is 5.69 Å². The lowest BCUT2D eigenvalue weighted by atomic mass is 10.1. The van der Waals surface area contributed by atoms with Crippen molar-refractivity contribution in [3.63, 3.8) is 0 Å². The van der Waals surface area contributed by atoms with E-state index in [1.165, 1.54) is 0 Å². The second-order valence-electron chi connectivity index (χ2n) is 5.10. The summed E-state index contributed by atoms with van der Waals surface area (Å²) in [5.41, 5.74) is 2.61. The monoisotopic (exact) mass is 286 g/mol. The van der Waals surface area contributed by atoms with E-state index in [4.69, 9.17) is 4.74 Å². The fourth-order valence-corrected chi connectivity index (χ4v) is 2.08. The first kappa shape index (κ1) is 15.0. The molecule has 1 heterocycles. The van der Waals surface area contributed by atoms with Gasteiger partial charge in [0.25, 0.3) is 5.56 Å². The van der Waals surface area contributed by atoms with E-state index in [9.17, 15) is 9.59 Å². The zero-order chi connectivity index (χ0) is 15.6. The van der Waals surface area contributed by atoms with Gasteiger partial charge in [-0.05, 0) is 38.8 Å². The van der Waals surface area contributed by atoms with Crippen molar-refractivity contribution in [3.8, 4) is 0 Å². The van der Waals surface area contributed by atoms with E-state index < -0.39 is 17.6 Å². The minimum Gasteiger partial charge on any atom is -0.454 e. The van der Waals surface area contributed by atoms with Crippen LogP contribution in [0.1, 0.15) is 45.8 Å². The van der Waals surface area contributed by atoms with Gasteiger partial charge in [-0.1, -0.05) is 29.8 Å². The van der Waals surface area contributed by atoms with Crippen LogP contribution in [0.2, 0.25) is 0 Å². The van der Waals surface area contributed by atoms with Crippen molar-refractivity contribution in [3.05, 3.63) is 62.6 Å². The highest BCUT2D eigenvalue weighted by Gasteiger charge is 2.20. The molecule has 0 aliphatic heterocycles. The first-order valence-corrected chi connectivity index (χ1v) is 6.73. The molecule has 110 valence electrons. The van der Waals surface area contributed by atoms with E-state index in [2.05, 4.69) is 10.2 Å². The quantitative estimate of drug-likeness (QED) is 0.880. The zero-order valence-electron chi connectivity index (χ0n) is 12.6. The Bertz CT molecular complexity index is 735. The Morgan fingerprint density at radius 1 is 1.29 bits per heavy atom. The molecule has 21 heavy (non-hydrogen) atoms. The normalized spacial score (nSPS) is 12.0. The number of nitrogens with one attached hydrogen (secondary N) is 1. The lowest BCUT2D eigenvalue weighted by Gasteiger charge is -2.15. The van der Waals surface area contributed by atoms with Gasteiger partial charge >= 0.3 is 5.97 Å². The maximum absolute atomic E-state index is 12.2. The highest BCUT2D eigenvalue weighted by atomic mass is 16.5. The molecular weight excluding hydrogens is 268 g/mol. The van der Waals surface area contributed by atoms with Crippen molar-refractivity contribution in [2.75, 3.05) is 0 Å². The number of aromatic amines is 1. The summed E-state index contributed by atoms with van der Waals surface area (Å²) < 4.78 is 5.41. The SMILES string of the molecule is Cc1cccc([C@@H](C)OC(=O)c2c(C)c(C)n[nH]c2=O)c1. The van der Waals surface area contributed by atoms with Crippen LogP contribution in [-0.4, -0.2) is 16.2 Å². The summed E-state index contributed by atoms with van der Waals surface area (Å²) in [5.74, 6) is -0.631. The van der Waals surface area contributed by atoms with Gasteiger partial charge in [0.15, 0.2) is 0 Å². The van der Waals surface area contributed by atoms with Gasteiger partial charge in [0.1, 0.15) is 11.7 Å². The lowest BCUT2D eigenvalue weighted by molar-refractivity contribution is 0.0334. The molecule has 0 aliphatic carbocycles. The number of hydrogen-bond acceptors (Lipinski definition) is 4. The Kier molecular flexibility index (Phi) is 4.21. The summed E-state index contributed by atoms with van der Waals surface area (Å²) in [6.07, 6.45) is -0.426. The number of rotatable bonds is 3. The largest absolute Gasteiger partial charge is 0.454 e. The molecule has 0 unspecified atom stereocenters. The number of nitrogens with zero attached hydrogens (tertiary/aromatic N) is 1. The first-order valence-electron chi connectivity index (χ1n) is 6.73. The van der Waals surface area contributed by atoms with Crippen LogP contribution in [-0.2, 0) is 4.74 Å². The molecule has 0 aliphatic rings. The van der Waals surface area contributed by atoms with Crippen molar-refractivity contribution >= 4 is 5.97 Å². The number of benzene rings is 1. The molecular formula is C16H18N2O3. The molecule has 1 atom stereocenters. The van der Waals surface area contributed by atoms with Gasteiger partial charge in [0.2, 0.25) is 0 Å². The molecule has 0 saturated carbocycles. The van der Waals surface area contributed by atoms with Crippen LogP contribution in [0.4, 0.5) is 0 Å². The molecule has 5 nitrogen and oxygen atoms in total. The summed E-state index contributed by atoms with van der Waals surface area (Å²) in [4.78, 5) is 24.0. The van der Waals surface area contributed by atoms with Crippen molar-refractivity contribution in [1.82, 2.24) is 10.2 Å². The third kappa shape index (κ3) is 3.18. The minimum absolute atomic E-state index is 0.0157. The van der Waals surface area contributed by atoms with Crippen LogP contribution in [0, 0.1) is 20.8 Å². The summed E-state index contributed by atoms with van der Waals surface area (Å²) in [5, 5.41) is 6.13. The number of ether oxygens (including phenoxy) is 1. The second-order valence-corrected chi connectivity index (χ2v) is 5.10. The Morgan fingerprint density at radius 2 is 2.00 bits per heavy atom. The standard InChI is InChI=1S/C16H18N2O3/c1-9-6-5-7-13(8-9)12(4)21-16(20)14-10(2)11(3)17-18-15(14)19/h5-8,12H,1-4H3,(H,18,19)/t12-/m1/s1. The smallest absolute Gasteiger partial charge is 0.344 e. The first-order chi connectivity index (χ1) is 9.90. The number of aromatic nitrogens is 2. The van der Waals surface area contributed by atoms with Gasteiger partial charge in [0, 0.05) is 0 Å². The molecule has 2 rings (SSSR count). The summed E-state index contributed by atoms with van der Waals surface area (Å²) in [6.45, 7) is 7.17. The molecule has 1 aromatic heterocycles. The molecule has 0 spiro atoms. The van der Waals surface area contributed by atoms with E-state index in [-0.39, 0.29) is 5.56 Å². The number of carbonyl (C=O) groups is 1. The van der Waals surface area contributed by atoms with E-state index in [0.717, 1.165) is 11.1 Å². The van der Waals surface area contributed by atoms with Crippen molar-refractivity contribution in [2.45, 2.75) is 33.8 Å². The van der Waals surface area contributed by atoms with Gasteiger partial charge in [-0.2, -0.15) is 5.10 Å².